The molecule has 1 aliphatic heterocycles. The molecule has 0 spiro atoms. The van der Waals surface area contributed by atoms with Crippen molar-refractivity contribution in [2.75, 3.05) is 5.73 Å². The van der Waals surface area contributed by atoms with Gasteiger partial charge in [-0.05, 0) is 31.2 Å². The Kier molecular flexibility index (Phi) is 5.20. The van der Waals surface area contributed by atoms with Gasteiger partial charge < -0.3 is 15.6 Å². The van der Waals surface area contributed by atoms with E-state index in [1.54, 1.807) is 38.5 Å². The molecule has 3 aromatic heterocycles. The van der Waals surface area contributed by atoms with Crippen molar-refractivity contribution in [2.24, 2.45) is 7.05 Å². The average Bonchev–Trinajstić information content (AvgIpc) is 3.30. The third-order valence-corrected chi connectivity index (χ3v) is 5.63. The van der Waals surface area contributed by atoms with Gasteiger partial charge in [-0.2, -0.15) is 20.1 Å². The summed E-state index contributed by atoms with van der Waals surface area (Å²) in [4.78, 5) is 5.75. The van der Waals surface area contributed by atoms with Crippen molar-refractivity contribution >= 4 is 21.5 Å². The Morgan fingerprint density at radius 3 is 2.82 bits per heavy atom. The largest absolute Gasteiger partial charge is 0.482 e. The number of aromatic nitrogens is 6. The molecule has 3 N–H and O–H groups in total. The van der Waals surface area contributed by atoms with Gasteiger partial charge in [0, 0.05) is 47.3 Å². The van der Waals surface area contributed by atoms with Crippen molar-refractivity contribution < 1.29 is 14.2 Å². The summed E-state index contributed by atoms with van der Waals surface area (Å²) >= 11 is 0. The number of hydrogen-bond donors (Lipinski definition) is 2. The van der Waals surface area contributed by atoms with Crippen LogP contribution in [0.2, 0.25) is 0 Å². The van der Waals surface area contributed by atoms with Crippen molar-refractivity contribution in [1.82, 2.24) is 29.8 Å². The van der Waals surface area contributed by atoms with Crippen molar-refractivity contribution in [1.29, 1.82) is 0 Å². The Morgan fingerprint density at radius 2 is 2.06 bits per heavy atom. The number of nitrogen functional groups attached to an aromatic ring is 1. The van der Waals surface area contributed by atoms with Crippen LogP contribution in [0.15, 0.2) is 36.7 Å². The van der Waals surface area contributed by atoms with Gasteiger partial charge in [0.05, 0.1) is 24.1 Å². The van der Waals surface area contributed by atoms with Gasteiger partial charge in [0.15, 0.2) is 11.6 Å². The van der Waals surface area contributed by atoms with Crippen LogP contribution in [-0.2, 0) is 20.0 Å². The predicted molar refractivity (Wildman–Crippen MR) is 125 cm³/mol. The molecule has 0 fully saturated rings. The van der Waals surface area contributed by atoms with Gasteiger partial charge in [0.1, 0.15) is 33.3 Å². The van der Waals surface area contributed by atoms with Gasteiger partial charge in [-0.3, -0.25) is 4.68 Å². The first-order valence-corrected chi connectivity index (χ1v) is 10.6. The van der Waals surface area contributed by atoms with Crippen molar-refractivity contribution in [3.05, 3.63) is 59.3 Å². The van der Waals surface area contributed by atoms with Crippen molar-refractivity contribution in [3.8, 4) is 28.3 Å². The predicted octanol–water partition coefficient (Wildman–Crippen LogP) is 1.49. The monoisotopic (exact) mass is 455 g/mol. The van der Waals surface area contributed by atoms with Crippen LogP contribution in [0.3, 0.4) is 0 Å². The highest BCUT2D eigenvalue weighted by Crippen LogP contribution is 2.38. The number of ether oxygens (including phenoxy) is 1. The highest BCUT2D eigenvalue weighted by molar-refractivity contribution is 6.38. The second-order valence-corrected chi connectivity index (χ2v) is 8.43. The number of hydrogen-bond acceptors (Lipinski definition) is 7. The number of anilines is 1. The summed E-state index contributed by atoms with van der Waals surface area (Å²) in [6, 6.07) is 6.18. The standard InChI is InChI=1S/C22H20B2FN7O2/c1-11-16-7-14(25)3-4-15(16)19-17(29-31(2)30-19)5-12-9-28-32(10-22(23,24)33)20(12)13-6-18(34-11)21(26)27-8-13/h3-4,6-9,11,33H,5,10H2,1-2H3,(H2,26,27)/t11-/m1/s1. The number of aryl methyl sites for hydroxylation is 1. The molecule has 4 radical (unpaired) electrons. The van der Waals surface area contributed by atoms with E-state index < -0.39 is 17.3 Å². The fourth-order valence-electron chi connectivity index (χ4n) is 4.22. The van der Waals surface area contributed by atoms with E-state index in [-0.39, 0.29) is 12.4 Å². The van der Waals surface area contributed by atoms with Gasteiger partial charge in [-0.15, -0.1) is 0 Å². The molecular formula is C22H20B2FN7O2. The lowest BCUT2D eigenvalue weighted by molar-refractivity contribution is 0.186. The molecule has 4 heterocycles. The fraction of sp³-hybridized carbons (Fsp3) is 0.273. The molecule has 1 aliphatic rings. The normalized spacial score (nSPS) is 15.4. The Hall–Kier alpha value is -3.66. The minimum atomic E-state index is -1.99. The first kappa shape index (κ1) is 22.1. The number of aliphatic hydroxyl groups is 1. The third kappa shape index (κ3) is 4.05. The fourth-order valence-corrected chi connectivity index (χ4v) is 4.22. The molecule has 34 heavy (non-hydrogen) atoms. The highest BCUT2D eigenvalue weighted by atomic mass is 19.1. The molecule has 5 rings (SSSR count). The summed E-state index contributed by atoms with van der Waals surface area (Å²) in [7, 11) is 13.0. The molecular weight excluding hydrogens is 435 g/mol. The smallest absolute Gasteiger partial charge is 0.166 e. The first-order chi connectivity index (χ1) is 16.1. The summed E-state index contributed by atoms with van der Waals surface area (Å²) in [5.41, 5.74) is 10.6. The number of pyridine rings is 1. The number of benzene rings is 1. The summed E-state index contributed by atoms with van der Waals surface area (Å²) in [5, 5.41) is 21.5. The van der Waals surface area contributed by atoms with Gasteiger partial charge in [0.25, 0.3) is 0 Å². The SMILES string of the molecule is [B]C([B])(O)Cn1ncc2c1-c1cnc(N)c(c1)O[C@H](C)c1cc(F)ccc1-c1nn(C)nc1C2. The van der Waals surface area contributed by atoms with Gasteiger partial charge >= 0.3 is 0 Å². The van der Waals surface area contributed by atoms with Crippen molar-refractivity contribution in [2.45, 2.75) is 31.4 Å². The van der Waals surface area contributed by atoms with E-state index in [0.29, 0.717) is 45.9 Å². The lowest BCUT2D eigenvalue weighted by Gasteiger charge is -2.22. The summed E-state index contributed by atoms with van der Waals surface area (Å²) in [6.45, 7) is 1.62. The zero-order chi connectivity index (χ0) is 24.2. The molecule has 1 atom stereocenters. The Morgan fingerprint density at radius 1 is 1.26 bits per heavy atom. The quantitative estimate of drug-likeness (QED) is 0.440. The summed E-state index contributed by atoms with van der Waals surface area (Å²) < 4.78 is 21.9. The zero-order valence-electron chi connectivity index (χ0n) is 18.6. The Labute approximate surface area is 197 Å². The van der Waals surface area contributed by atoms with E-state index >= 15 is 0 Å². The second kappa shape index (κ2) is 7.98. The van der Waals surface area contributed by atoms with Crippen LogP contribution in [-0.4, -0.2) is 56.0 Å². The Balaban J connectivity index is 1.78. The van der Waals surface area contributed by atoms with E-state index in [9.17, 15) is 9.50 Å². The molecule has 168 valence electrons. The van der Waals surface area contributed by atoms with E-state index in [0.717, 1.165) is 5.56 Å². The molecule has 9 nitrogen and oxygen atoms in total. The van der Waals surface area contributed by atoms with Crippen LogP contribution >= 0.6 is 0 Å². The molecule has 0 unspecified atom stereocenters. The number of nitrogens with two attached hydrogens (primary N) is 1. The first-order valence-electron chi connectivity index (χ1n) is 10.6. The maximum absolute atomic E-state index is 14.3. The third-order valence-electron chi connectivity index (χ3n) is 5.63. The van der Waals surface area contributed by atoms with E-state index in [4.69, 9.17) is 26.2 Å². The Bertz CT molecular complexity index is 1400. The van der Waals surface area contributed by atoms with Gasteiger partial charge in [-0.25, -0.2) is 9.37 Å². The van der Waals surface area contributed by atoms with Crippen LogP contribution in [0, 0.1) is 5.82 Å². The molecule has 1 aromatic carbocycles. The van der Waals surface area contributed by atoms with Crippen LogP contribution in [0.5, 0.6) is 5.75 Å². The van der Waals surface area contributed by atoms with E-state index in [1.807, 2.05) is 0 Å². The van der Waals surface area contributed by atoms with E-state index in [1.165, 1.54) is 21.6 Å². The van der Waals surface area contributed by atoms with Crippen molar-refractivity contribution in [3.63, 3.8) is 0 Å². The average molecular weight is 455 g/mol. The molecule has 4 aromatic rings. The lowest BCUT2D eigenvalue weighted by atomic mass is 9.65. The number of rotatable bonds is 2. The van der Waals surface area contributed by atoms with Crippen LogP contribution in [0.25, 0.3) is 22.5 Å². The van der Waals surface area contributed by atoms with Crippen LogP contribution in [0.4, 0.5) is 10.2 Å². The molecule has 2 bridgehead atoms. The minimum Gasteiger partial charge on any atom is -0.482 e. The molecule has 12 heteroatoms. The minimum absolute atomic E-state index is 0.172. The number of halogens is 1. The topological polar surface area (TPSA) is 117 Å². The number of nitrogens with zero attached hydrogens (tertiary/aromatic N) is 6. The van der Waals surface area contributed by atoms with Crippen LogP contribution < -0.4 is 10.5 Å². The zero-order valence-corrected chi connectivity index (χ0v) is 18.6. The molecule has 0 saturated carbocycles. The van der Waals surface area contributed by atoms with E-state index in [2.05, 4.69) is 20.3 Å². The highest BCUT2D eigenvalue weighted by Gasteiger charge is 2.26. The molecule has 0 amide bonds. The van der Waals surface area contributed by atoms with Gasteiger partial charge in [0.2, 0.25) is 0 Å². The van der Waals surface area contributed by atoms with Gasteiger partial charge in [-0.1, -0.05) is 0 Å². The van der Waals surface area contributed by atoms with Crippen LogP contribution in [0.1, 0.15) is 29.8 Å². The summed E-state index contributed by atoms with van der Waals surface area (Å²) in [5.74, 6) is 0.0911. The number of fused-ring (bicyclic) bond motifs is 7. The summed E-state index contributed by atoms with van der Waals surface area (Å²) in [6.07, 6.45) is 2.99. The second-order valence-electron chi connectivity index (χ2n) is 8.43. The molecule has 0 aliphatic carbocycles. The lowest BCUT2D eigenvalue weighted by Crippen LogP contribution is -2.35. The maximum Gasteiger partial charge on any atom is 0.166 e. The maximum atomic E-state index is 14.3. The molecule has 0 saturated heterocycles.